The molecular weight excluding hydrogens is 220 g/mol. The fourth-order valence-corrected chi connectivity index (χ4v) is 1.62. The Morgan fingerprint density at radius 1 is 1.56 bits per heavy atom. The van der Waals surface area contributed by atoms with Crippen LogP contribution in [-0.2, 0) is 4.79 Å². The minimum Gasteiger partial charge on any atom is -0.326 e. The molecule has 0 bridgehead atoms. The molecule has 1 aromatic rings. The van der Waals surface area contributed by atoms with Crippen molar-refractivity contribution in [2.24, 2.45) is 0 Å². The molecule has 1 rings (SSSR count). The van der Waals surface area contributed by atoms with Gasteiger partial charge in [0, 0.05) is 17.9 Å². The lowest BCUT2D eigenvalue weighted by Crippen LogP contribution is -2.13. The minimum atomic E-state index is -0.00691. The topological polar surface area (TPSA) is 52.9 Å². The Kier molecular flexibility index (Phi) is 4.87. The van der Waals surface area contributed by atoms with Gasteiger partial charge >= 0.3 is 0 Å². The van der Waals surface area contributed by atoms with E-state index in [1.54, 1.807) is 23.9 Å². The first-order valence-corrected chi connectivity index (χ1v) is 6.36. The Balaban J connectivity index is 2.73. The Bertz CT molecular complexity index is 424. The summed E-state index contributed by atoms with van der Waals surface area (Å²) in [6.07, 6.45) is 2.46. The number of thioether (sulfide) groups is 1. The van der Waals surface area contributed by atoms with Crippen molar-refractivity contribution >= 4 is 23.4 Å². The van der Waals surface area contributed by atoms with Gasteiger partial charge in [0.2, 0.25) is 5.91 Å². The van der Waals surface area contributed by atoms with Crippen LogP contribution < -0.4 is 5.32 Å². The van der Waals surface area contributed by atoms with Crippen molar-refractivity contribution in [2.75, 3.05) is 17.3 Å². The van der Waals surface area contributed by atoms with Crippen molar-refractivity contribution < 1.29 is 4.79 Å². The van der Waals surface area contributed by atoms with Gasteiger partial charge in [-0.25, -0.2) is 0 Å². The number of carbonyl (C=O) groups excluding carboxylic acids is 1. The van der Waals surface area contributed by atoms with E-state index in [2.05, 4.69) is 11.4 Å². The molecule has 0 aromatic heterocycles. The van der Waals surface area contributed by atoms with Crippen molar-refractivity contribution in [3.8, 4) is 6.07 Å². The van der Waals surface area contributed by atoms with Crippen molar-refractivity contribution in [1.82, 2.24) is 0 Å². The van der Waals surface area contributed by atoms with E-state index in [9.17, 15) is 4.79 Å². The lowest BCUT2D eigenvalue weighted by molar-refractivity contribution is -0.115. The van der Waals surface area contributed by atoms with Gasteiger partial charge in [-0.2, -0.15) is 17.0 Å². The summed E-state index contributed by atoms with van der Waals surface area (Å²) in [6, 6.07) is 7.34. The summed E-state index contributed by atoms with van der Waals surface area (Å²) in [7, 11) is 0. The van der Waals surface area contributed by atoms with Gasteiger partial charge in [-0.05, 0) is 30.9 Å². The average Bonchev–Trinajstić information content (AvgIpc) is 2.29. The summed E-state index contributed by atoms with van der Waals surface area (Å²) in [4.78, 5) is 11.5. The van der Waals surface area contributed by atoms with Crippen LogP contribution in [0.25, 0.3) is 0 Å². The van der Waals surface area contributed by atoms with E-state index < -0.39 is 0 Å². The fourth-order valence-electron chi connectivity index (χ4n) is 1.23. The SMILES string of the molecule is CSCCC(=O)Nc1cc(C#N)ccc1C. The van der Waals surface area contributed by atoms with Crippen LogP contribution in [0.2, 0.25) is 0 Å². The number of anilines is 1. The smallest absolute Gasteiger partial charge is 0.225 e. The second kappa shape index (κ2) is 6.19. The Hall–Kier alpha value is -1.47. The van der Waals surface area contributed by atoms with Crippen LogP contribution in [0.5, 0.6) is 0 Å². The van der Waals surface area contributed by atoms with E-state index in [0.29, 0.717) is 12.0 Å². The van der Waals surface area contributed by atoms with Gasteiger partial charge in [-0.1, -0.05) is 6.07 Å². The Morgan fingerprint density at radius 3 is 2.94 bits per heavy atom. The number of benzene rings is 1. The molecule has 0 atom stereocenters. The van der Waals surface area contributed by atoms with Crippen LogP contribution in [0, 0.1) is 18.3 Å². The molecule has 1 N–H and O–H groups in total. The zero-order chi connectivity index (χ0) is 12.0. The van der Waals surface area contributed by atoms with E-state index in [1.165, 1.54) is 0 Å². The highest BCUT2D eigenvalue weighted by molar-refractivity contribution is 7.98. The molecular formula is C12H14N2OS. The number of hydrogen-bond donors (Lipinski definition) is 1. The maximum absolute atomic E-state index is 11.5. The van der Waals surface area contributed by atoms with Crippen molar-refractivity contribution in [2.45, 2.75) is 13.3 Å². The summed E-state index contributed by atoms with van der Waals surface area (Å²) in [6.45, 7) is 1.91. The number of nitrogens with zero attached hydrogens (tertiary/aromatic N) is 1. The standard InChI is InChI=1S/C12H14N2OS/c1-9-3-4-10(8-13)7-11(9)14-12(15)5-6-16-2/h3-4,7H,5-6H2,1-2H3,(H,14,15). The third kappa shape index (κ3) is 3.59. The maximum atomic E-state index is 11.5. The normalized spacial score (nSPS) is 9.56. The molecule has 4 heteroatoms. The van der Waals surface area contributed by atoms with E-state index >= 15 is 0 Å². The van der Waals surface area contributed by atoms with Crippen LogP contribution in [0.1, 0.15) is 17.5 Å². The summed E-state index contributed by atoms with van der Waals surface area (Å²) in [5.74, 6) is 0.801. The van der Waals surface area contributed by atoms with Crippen molar-refractivity contribution in [3.63, 3.8) is 0 Å². The summed E-state index contributed by atoms with van der Waals surface area (Å²) < 4.78 is 0. The van der Waals surface area contributed by atoms with E-state index in [1.807, 2.05) is 19.2 Å². The van der Waals surface area contributed by atoms with Crippen molar-refractivity contribution in [3.05, 3.63) is 29.3 Å². The van der Waals surface area contributed by atoms with E-state index in [-0.39, 0.29) is 5.91 Å². The minimum absolute atomic E-state index is 0.00691. The molecule has 0 fully saturated rings. The first-order chi connectivity index (χ1) is 7.67. The summed E-state index contributed by atoms with van der Waals surface area (Å²) in [5, 5.41) is 11.6. The average molecular weight is 234 g/mol. The highest BCUT2D eigenvalue weighted by Gasteiger charge is 2.05. The molecule has 84 valence electrons. The number of rotatable bonds is 4. The highest BCUT2D eigenvalue weighted by atomic mass is 32.2. The molecule has 0 unspecified atom stereocenters. The van der Waals surface area contributed by atoms with Crippen LogP contribution in [-0.4, -0.2) is 17.9 Å². The van der Waals surface area contributed by atoms with Gasteiger partial charge in [-0.3, -0.25) is 4.79 Å². The number of amides is 1. The van der Waals surface area contributed by atoms with Gasteiger partial charge in [0.05, 0.1) is 11.6 Å². The first-order valence-electron chi connectivity index (χ1n) is 4.97. The summed E-state index contributed by atoms with van der Waals surface area (Å²) in [5.41, 5.74) is 2.26. The van der Waals surface area contributed by atoms with E-state index in [4.69, 9.17) is 5.26 Å². The third-order valence-corrected chi connectivity index (χ3v) is 2.79. The second-order valence-electron chi connectivity index (χ2n) is 3.43. The van der Waals surface area contributed by atoms with E-state index in [0.717, 1.165) is 17.0 Å². The molecule has 0 saturated heterocycles. The molecule has 1 amide bonds. The molecule has 0 aliphatic heterocycles. The van der Waals surface area contributed by atoms with Gasteiger partial charge in [0.1, 0.15) is 0 Å². The third-order valence-electron chi connectivity index (χ3n) is 2.17. The molecule has 1 aromatic carbocycles. The lowest BCUT2D eigenvalue weighted by atomic mass is 10.1. The number of aryl methyl sites for hydroxylation is 1. The van der Waals surface area contributed by atoms with Gasteiger partial charge in [-0.15, -0.1) is 0 Å². The lowest BCUT2D eigenvalue weighted by Gasteiger charge is -2.08. The predicted octanol–water partition coefficient (Wildman–Crippen LogP) is 2.56. The molecule has 16 heavy (non-hydrogen) atoms. The molecule has 0 radical (unpaired) electrons. The molecule has 0 heterocycles. The van der Waals surface area contributed by atoms with Crippen LogP contribution >= 0.6 is 11.8 Å². The first kappa shape index (κ1) is 12.6. The van der Waals surface area contributed by atoms with Gasteiger partial charge in [0.25, 0.3) is 0 Å². The van der Waals surface area contributed by atoms with Crippen molar-refractivity contribution in [1.29, 1.82) is 5.26 Å². The van der Waals surface area contributed by atoms with Gasteiger partial charge < -0.3 is 5.32 Å². The molecule has 3 nitrogen and oxygen atoms in total. The van der Waals surface area contributed by atoms with Gasteiger partial charge in [0.15, 0.2) is 0 Å². The monoisotopic (exact) mass is 234 g/mol. The largest absolute Gasteiger partial charge is 0.326 e. The molecule has 0 aliphatic carbocycles. The zero-order valence-electron chi connectivity index (χ0n) is 9.41. The fraction of sp³-hybridized carbons (Fsp3) is 0.333. The Labute approximate surface area is 99.8 Å². The van der Waals surface area contributed by atoms with Crippen LogP contribution in [0.15, 0.2) is 18.2 Å². The van der Waals surface area contributed by atoms with Crippen LogP contribution in [0.4, 0.5) is 5.69 Å². The molecule has 0 spiro atoms. The van der Waals surface area contributed by atoms with Crippen LogP contribution in [0.3, 0.4) is 0 Å². The number of hydrogen-bond acceptors (Lipinski definition) is 3. The maximum Gasteiger partial charge on any atom is 0.225 e. The molecule has 0 saturated carbocycles. The quantitative estimate of drug-likeness (QED) is 0.871. The predicted molar refractivity (Wildman–Crippen MR) is 67.5 cm³/mol. The number of carbonyl (C=O) groups is 1. The zero-order valence-corrected chi connectivity index (χ0v) is 10.2. The molecule has 0 aliphatic rings. The number of nitrogens with one attached hydrogen (secondary N) is 1. The summed E-state index contributed by atoms with van der Waals surface area (Å²) >= 11 is 1.64. The number of nitriles is 1. The highest BCUT2D eigenvalue weighted by Crippen LogP contribution is 2.16. The Morgan fingerprint density at radius 2 is 2.31 bits per heavy atom. The second-order valence-corrected chi connectivity index (χ2v) is 4.42.